The number of pyridine rings is 1. The summed E-state index contributed by atoms with van der Waals surface area (Å²) in [4.78, 5) is 48.1. The first-order valence-electron chi connectivity index (χ1n) is 19.7. The molecule has 3 aromatic carbocycles. The smallest absolute Gasteiger partial charge is 0.237 e. The van der Waals surface area contributed by atoms with E-state index in [2.05, 4.69) is 69.4 Å². The number of hydrogen-bond donors (Lipinski definition) is 3. The number of piperazine rings is 1. The Morgan fingerprint density at radius 2 is 1.82 bits per heavy atom. The molecular weight excluding hydrogens is 722 g/mol. The molecule has 0 radical (unpaired) electrons. The maximum Gasteiger partial charge on any atom is 0.237 e. The molecule has 0 bridgehead atoms. The molecule has 3 saturated heterocycles. The third-order valence-corrected chi connectivity index (χ3v) is 11.6. The zero-order valence-corrected chi connectivity index (χ0v) is 32.4. The van der Waals surface area contributed by atoms with Crippen LogP contribution in [-0.2, 0) is 20.8 Å². The summed E-state index contributed by atoms with van der Waals surface area (Å²) in [6, 6.07) is 19.6. The number of nitrogens with one attached hydrogen (secondary N) is 3. The molecule has 0 spiro atoms. The Hall–Kier alpha value is -6.01. The fourth-order valence-electron chi connectivity index (χ4n) is 8.17. The molecule has 1 aromatic heterocycles. The van der Waals surface area contributed by atoms with Gasteiger partial charge in [-0.15, -0.1) is 0 Å². The summed E-state index contributed by atoms with van der Waals surface area (Å²) in [6.45, 7) is 14.2. The Morgan fingerprint density at radius 3 is 2.56 bits per heavy atom. The van der Waals surface area contributed by atoms with Gasteiger partial charge in [0, 0.05) is 87.1 Å². The third-order valence-electron chi connectivity index (χ3n) is 11.6. The molecule has 3 amide bonds. The van der Waals surface area contributed by atoms with Crippen molar-refractivity contribution in [3.63, 3.8) is 0 Å². The van der Waals surface area contributed by atoms with Crippen molar-refractivity contribution in [1.82, 2.24) is 20.1 Å². The molecule has 3 N–H and O–H groups in total. The van der Waals surface area contributed by atoms with Gasteiger partial charge in [-0.2, -0.15) is 0 Å². The molecule has 57 heavy (non-hydrogen) atoms. The highest BCUT2D eigenvalue weighted by molar-refractivity contribution is 6.01. The number of amides is 3. The first kappa shape index (κ1) is 37.9. The fourth-order valence-corrected chi connectivity index (χ4v) is 8.17. The van der Waals surface area contributed by atoms with Crippen LogP contribution in [-0.4, -0.2) is 91.0 Å². The Morgan fingerprint density at radius 1 is 1.04 bits per heavy atom. The number of aryl methyl sites for hydroxylation is 1. The number of piperidine rings is 1. The second-order valence-electron chi connectivity index (χ2n) is 15.4. The van der Waals surface area contributed by atoms with E-state index in [0.717, 1.165) is 77.5 Å². The SMILES string of the molecule is C=C(/C=C\c1ccc(-c2cnc3c(c2C)NCCO3)cc1C)Nc1ccc(CC(=O)N2CCN(C3CN(c4ccc(C5CCC(=O)NC5=O)cc4)C3)CC2)c(F)c1. The van der Waals surface area contributed by atoms with E-state index in [1.54, 1.807) is 12.1 Å². The molecule has 11 nitrogen and oxygen atoms in total. The highest BCUT2D eigenvalue weighted by Gasteiger charge is 2.35. The lowest BCUT2D eigenvalue weighted by atomic mass is 9.90. The van der Waals surface area contributed by atoms with E-state index >= 15 is 4.39 Å². The fraction of sp³-hybridized carbons (Fsp3) is 0.333. The van der Waals surface area contributed by atoms with Crippen LogP contribution in [0, 0.1) is 19.7 Å². The van der Waals surface area contributed by atoms with Crippen LogP contribution in [0.4, 0.5) is 21.5 Å². The number of hydrogen-bond acceptors (Lipinski definition) is 9. The van der Waals surface area contributed by atoms with Gasteiger partial charge < -0.3 is 25.2 Å². The summed E-state index contributed by atoms with van der Waals surface area (Å²) in [6.07, 6.45) is 6.64. The Balaban J connectivity index is 0.782. The molecule has 294 valence electrons. The van der Waals surface area contributed by atoms with E-state index in [9.17, 15) is 14.4 Å². The number of imide groups is 1. The topological polar surface area (TPSA) is 119 Å². The van der Waals surface area contributed by atoms with Gasteiger partial charge in [-0.3, -0.25) is 24.6 Å². The third kappa shape index (κ3) is 8.27. The number of rotatable bonds is 10. The van der Waals surface area contributed by atoms with E-state index in [-0.39, 0.29) is 30.1 Å². The van der Waals surface area contributed by atoms with E-state index in [1.807, 2.05) is 47.5 Å². The number of benzene rings is 3. The lowest BCUT2D eigenvalue weighted by molar-refractivity contribution is -0.134. The Labute approximate surface area is 332 Å². The van der Waals surface area contributed by atoms with Crippen LogP contribution in [0.25, 0.3) is 17.2 Å². The predicted octanol–water partition coefficient (Wildman–Crippen LogP) is 6.04. The molecule has 4 aromatic rings. The molecule has 0 aliphatic carbocycles. The molecule has 8 rings (SSSR count). The number of anilines is 3. The van der Waals surface area contributed by atoms with Crippen LogP contribution in [0.2, 0.25) is 0 Å². The quantitative estimate of drug-likeness (QED) is 0.131. The first-order chi connectivity index (χ1) is 27.6. The highest BCUT2D eigenvalue weighted by Crippen LogP contribution is 2.36. The lowest BCUT2D eigenvalue weighted by Crippen LogP contribution is -2.63. The molecule has 3 fully saturated rings. The molecule has 4 aliphatic rings. The summed E-state index contributed by atoms with van der Waals surface area (Å²) >= 11 is 0. The molecule has 5 heterocycles. The zero-order valence-electron chi connectivity index (χ0n) is 32.4. The van der Waals surface area contributed by atoms with Gasteiger partial charge in [-0.1, -0.05) is 49.1 Å². The number of fused-ring (bicyclic) bond motifs is 1. The Kier molecular flexibility index (Phi) is 10.8. The van der Waals surface area contributed by atoms with Crippen molar-refractivity contribution < 1.29 is 23.5 Å². The molecular formula is C45H48FN7O4. The predicted molar refractivity (Wildman–Crippen MR) is 221 cm³/mol. The minimum atomic E-state index is -0.427. The molecule has 4 aliphatic heterocycles. The van der Waals surface area contributed by atoms with Crippen LogP contribution in [0.15, 0.2) is 85.2 Å². The van der Waals surface area contributed by atoms with Gasteiger partial charge in [-0.25, -0.2) is 9.37 Å². The largest absolute Gasteiger partial charge is 0.474 e. The number of allylic oxidation sites excluding steroid dienone is 1. The van der Waals surface area contributed by atoms with Gasteiger partial charge in [0.25, 0.3) is 0 Å². The van der Waals surface area contributed by atoms with Crippen LogP contribution in [0.5, 0.6) is 5.88 Å². The van der Waals surface area contributed by atoms with Gasteiger partial charge in [0.15, 0.2) is 0 Å². The molecule has 0 saturated carbocycles. The van der Waals surface area contributed by atoms with Crippen molar-refractivity contribution in [3.8, 4) is 17.0 Å². The summed E-state index contributed by atoms with van der Waals surface area (Å²) in [5.74, 6) is -0.559. The van der Waals surface area contributed by atoms with Crippen molar-refractivity contribution in [2.24, 2.45) is 0 Å². The average Bonchev–Trinajstić information content (AvgIpc) is 3.19. The van der Waals surface area contributed by atoms with Crippen molar-refractivity contribution in [1.29, 1.82) is 0 Å². The monoisotopic (exact) mass is 769 g/mol. The van der Waals surface area contributed by atoms with E-state index in [0.29, 0.717) is 61.4 Å². The molecule has 1 atom stereocenters. The number of halogens is 1. The summed E-state index contributed by atoms with van der Waals surface area (Å²) in [5.41, 5.74) is 9.91. The van der Waals surface area contributed by atoms with Crippen LogP contribution < -0.4 is 25.6 Å². The standard InChI is InChI=1S/C45H48FN7O4/c1-28-22-33(39-25-48-45-43(30(39)3)47-16-21-57-45)7-6-31(28)5-4-29(2)49-35-11-8-34(40(46)24-35)23-42(55)52-19-17-51(18-20-52)37-26-53(27-37)36-12-9-32(10-13-36)38-14-15-41(54)50-44(38)56/h4-13,22,24-25,37-38,47,49H,2,14-21,23,26-27H2,1,3H3,(H,50,54,56)/b5-4-. The number of ether oxygens (including phenoxy) is 1. The number of nitrogens with zero attached hydrogens (tertiary/aromatic N) is 4. The highest BCUT2D eigenvalue weighted by atomic mass is 19.1. The average molecular weight is 770 g/mol. The van der Waals surface area contributed by atoms with E-state index < -0.39 is 5.82 Å². The van der Waals surface area contributed by atoms with E-state index in [4.69, 9.17) is 4.74 Å². The summed E-state index contributed by atoms with van der Waals surface area (Å²) in [7, 11) is 0. The zero-order chi connectivity index (χ0) is 39.6. The van der Waals surface area contributed by atoms with Crippen molar-refractivity contribution >= 4 is 40.9 Å². The van der Waals surface area contributed by atoms with Crippen LogP contribution in [0.3, 0.4) is 0 Å². The number of aromatic nitrogens is 1. The normalized spacial score (nSPS) is 18.7. The minimum Gasteiger partial charge on any atom is -0.474 e. The van der Waals surface area contributed by atoms with Crippen LogP contribution in [0.1, 0.15) is 46.6 Å². The Bertz CT molecular complexity index is 2240. The van der Waals surface area contributed by atoms with Gasteiger partial charge >= 0.3 is 0 Å². The van der Waals surface area contributed by atoms with Gasteiger partial charge in [0.2, 0.25) is 23.6 Å². The second-order valence-corrected chi connectivity index (χ2v) is 15.4. The summed E-state index contributed by atoms with van der Waals surface area (Å²) in [5, 5.41) is 9.00. The number of carbonyl (C=O) groups excluding carboxylic acids is 3. The van der Waals surface area contributed by atoms with E-state index in [1.165, 1.54) is 6.07 Å². The van der Waals surface area contributed by atoms with Gasteiger partial charge in [0.1, 0.15) is 18.1 Å². The van der Waals surface area contributed by atoms with Crippen LogP contribution >= 0.6 is 0 Å². The first-order valence-corrected chi connectivity index (χ1v) is 19.7. The second kappa shape index (κ2) is 16.2. The molecule has 1 unspecified atom stereocenters. The van der Waals surface area contributed by atoms with Crippen molar-refractivity contribution in [3.05, 3.63) is 119 Å². The summed E-state index contributed by atoms with van der Waals surface area (Å²) < 4.78 is 20.9. The lowest BCUT2D eigenvalue weighted by Gasteiger charge is -2.49. The maximum atomic E-state index is 15.3. The van der Waals surface area contributed by atoms with Gasteiger partial charge in [0.05, 0.1) is 12.3 Å². The maximum absolute atomic E-state index is 15.3. The minimum absolute atomic E-state index is 0.0135. The van der Waals surface area contributed by atoms with Gasteiger partial charge in [-0.05, 0) is 84.0 Å². The van der Waals surface area contributed by atoms with Crippen molar-refractivity contribution in [2.45, 2.75) is 45.1 Å². The number of carbonyl (C=O) groups is 3. The molecule has 12 heteroatoms. The van der Waals surface area contributed by atoms with Crippen molar-refractivity contribution in [2.75, 3.05) is 68.0 Å².